The Balaban J connectivity index is 2.44. The maximum Gasteiger partial charge on any atom is 0.163 e. The summed E-state index contributed by atoms with van der Waals surface area (Å²) in [7, 11) is 0. The zero-order valence-electron chi connectivity index (χ0n) is 16.8. The molecule has 0 spiro atoms. The van der Waals surface area contributed by atoms with Crippen LogP contribution in [0.3, 0.4) is 0 Å². The van der Waals surface area contributed by atoms with E-state index in [0.29, 0.717) is 30.3 Å². The van der Waals surface area contributed by atoms with Crippen LogP contribution in [0.4, 0.5) is 0 Å². The van der Waals surface area contributed by atoms with Crippen molar-refractivity contribution in [3.8, 4) is 0 Å². The molecule has 1 rings (SSSR count). The van der Waals surface area contributed by atoms with Gasteiger partial charge in [0.05, 0.1) is 18.8 Å². The van der Waals surface area contributed by atoms with E-state index in [4.69, 9.17) is 9.47 Å². The molecule has 1 aliphatic heterocycles. The second kappa shape index (κ2) is 9.94. The fourth-order valence-electron chi connectivity index (χ4n) is 3.67. The van der Waals surface area contributed by atoms with Crippen LogP contribution in [0, 0.1) is 23.7 Å². The molecule has 1 aliphatic rings. The van der Waals surface area contributed by atoms with E-state index in [1.165, 1.54) is 12.8 Å². The molecule has 0 saturated carbocycles. The van der Waals surface area contributed by atoms with Gasteiger partial charge >= 0.3 is 0 Å². The van der Waals surface area contributed by atoms with E-state index >= 15 is 0 Å². The lowest BCUT2D eigenvalue weighted by Gasteiger charge is -2.31. The second-order valence-electron chi connectivity index (χ2n) is 8.62. The van der Waals surface area contributed by atoms with Crippen molar-refractivity contribution in [2.45, 2.75) is 91.6 Å². The van der Waals surface area contributed by atoms with Crippen LogP contribution in [0.15, 0.2) is 12.7 Å². The molecular weight excluding hydrogens is 300 g/mol. The van der Waals surface area contributed by atoms with Crippen LogP contribution in [0.2, 0.25) is 0 Å². The van der Waals surface area contributed by atoms with Gasteiger partial charge in [-0.15, -0.1) is 6.58 Å². The summed E-state index contributed by atoms with van der Waals surface area (Å²) in [5.41, 5.74) is 0. The Morgan fingerprint density at radius 1 is 1.21 bits per heavy atom. The van der Waals surface area contributed by atoms with Crippen molar-refractivity contribution < 1.29 is 14.6 Å². The van der Waals surface area contributed by atoms with Gasteiger partial charge in [-0.3, -0.25) is 0 Å². The minimum atomic E-state index is -0.490. The summed E-state index contributed by atoms with van der Waals surface area (Å²) >= 11 is 0. The highest BCUT2D eigenvalue weighted by Gasteiger charge is 2.39. The molecule has 3 nitrogen and oxygen atoms in total. The maximum atomic E-state index is 10.7. The highest BCUT2D eigenvalue weighted by atomic mass is 16.7. The lowest BCUT2D eigenvalue weighted by molar-refractivity contribution is -0.148. The van der Waals surface area contributed by atoms with Gasteiger partial charge in [0, 0.05) is 0 Å². The first kappa shape index (κ1) is 21.7. The second-order valence-corrected chi connectivity index (χ2v) is 8.62. The molecule has 1 unspecified atom stereocenters. The molecule has 3 heteroatoms. The predicted octanol–water partition coefficient (Wildman–Crippen LogP) is 5.18. The Morgan fingerprint density at radius 2 is 1.88 bits per heavy atom. The molecule has 1 heterocycles. The Labute approximate surface area is 149 Å². The molecule has 1 N–H and O–H groups in total. The zero-order chi connectivity index (χ0) is 18.3. The van der Waals surface area contributed by atoms with E-state index in [9.17, 15) is 5.11 Å². The molecular formula is C21H40O3. The van der Waals surface area contributed by atoms with Crippen LogP contribution in [0.5, 0.6) is 0 Å². The molecule has 1 fully saturated rings. The first-order chi connectivity index (χ1) is 11.2. The quantitative estimate of drug-likeness (QED) is 0.527. The molecule has 5 atom stereocenters. The Bertz CT molecular complexity index is 364. The van der Waals surface area contributed by atoms with E-state index in [1.807, 2.05) is 19.9 Å². The van der Waals surface area contributed by atoms with Crippen LogP contribution in [0.25, 0.3) is 0 Å². The number of aliphatic hydroxyl groups excluding tert-OH is 1. The lowest BCUT2D eigenvalue weighted by Crippen LogP contribution is -2.34. The van der Waals surface area contributed by atoms with Gasteiger partial charge in [0.25, 0.3) is 0 Å². The van der Waals surface area contributed by atoms with E-state index in [0.717, 1.165) is 19.3 Å². The van der Waals surface area contributed by atoms with Gasteiger partial charge in [-0.2, -0.15) is 0 Å². The standard InChI is InChI=1S/C21H40O3/c1-8-10-16(4)11-9-12-17(5)19(22)13-18(15(2)3)20-14-23-21(6,7)24-20/h8,15-20,22H,1,9-14H2,2-7H3/t16-,17-,18+,19?,20+/m0/s1. The smallest absolute Gasteiger partial charge is 0.163 e. The molecule has 0 amide bonds. The van der Waals surface area contributed by atoms with Gasteiger partial charge in [-0.25, -0.2) is 0 Å². The topological polar surface area (TPSA) is 38.7 Å². The first-order valence-corrected chi connectivity index (χ1v) is 9.77. The first-order valence-electron chi connectivity index (χ1n) is 9.77. The predicted molar refractivity (Wildman–Crippen MR) is 101 cm³/mol. The van der Waals surface area contributed by atoms with E-state index in [1.54, 1.807) is 0 Å². The molecule has 0 aromatic heterocycles. The van der Waals surface area contributed by atoms with Crippen molar-refractivity contribution in [3.05, 3.63) is 12.7 Å². The number of rotatable bonds is 11. The minimum Gasteiger partial charge on any atom is -0.393 e. The van der Waals surface area contributed by atoms with E-state index in [2.05, 4.69) is 34.3 Å². The monoisotopic (exact) mass is 340 g/mol. The number of hydrogen-bond acceptors (Lipinski definition) is 3. The van der Waals surface area contributed by atoms with Crippen molar-refractivity contribution in [1.82, 2.24) is 0 Å². The van der Waals surface area contributed by atoms with Gasteiger partial charge in [0.2, 0.25) is 0 Å². The molecule has 1 saturated heterocycles. The molecule has 0 aromatic rings. The number of hydrogen-bond donors (Lipinski definition) is 1. The summed E-state index contributed by atoms with van der Waals surface area (Å²) in [5, 5.41) is 10.7. The summed E-state index contributed by atoms with van der Waals surface area (Å²) in [4.78, 5) is 0. The number of ether oxygens (including phenoxy) is 2. The highest BCUT2D eigenvalue weighted by Crippen LogP contribution is 2.34. The summed E-state index contributed by atoms with van der Waals surface area (Å²) in [6, 6.07) is 0. The van der Waals surface area contributed by atoms with Crippen molar-refractivity contribution in [2.24, 2.45) is 23.7 Å². The van der Waals surface area contributed by atoms with Gasteiger partial charge in [-0.05, 0) is 56.8 Å². The van der Waals surface area contributed by atoms with Gasteiger partial charge in [0.15, 0.2) is 5.79 Å². The molecule has 0 radical (unpaired) electrons. The normalized spacial score (nSPS) is 25.4. The third-order valence-corrected chi connectivity index (χ3v) is 5.46. The summed E-state index contributed by atoms with van der Waals surface area (Å²) in [6.07, 6.45) is 7.18. The minimum absolute atomic E-state index is 0.0921. The Morgan fingerprint density at radius 3 is 2.38 bits per heavy atom. The molecule has 142 valence electrons. The van der Waals surface area contributed by atoms with Crippen LogP contribution in [-0.2, 0) is 9.47 Å². The van der Waals surface area contributed by atoms with Gasteiger partial charge < -0.3 is 14.6 Å². The maximum absolute atomic E-state index is 10.7. The van der Waals surface area contributed by atoms with Crippen molar-refractivity contribution >= 4 is 0 Å². The average Bonchev–Trinajstić information content (AvgIpc) is 2.84. The number of allylic oxidation sites excluding steroid dienone is 1. The van der Waals surface area contributed by atoms with Crippen molar-refractivity contribution in [1.29, 1.82) is 0 Å². The van der Waals surface area contributed by atoms with Crippen molar-refractivity contribution in [2.75, 3.05) is 6.61 Å². The fraction of sp³-hybridized carbons (Fsp3) is 0.905. The Kier molecular flexibility index (Phi) is 8.97. The average molecular weight is 341 g/mol. The van der Waals surface area contributed by atoms with E-state index in [-0.39, 0.29) is 12.2 Å². The lowest BCUT2D eigenvalue weighted by atomic mass is 9.81. The largest absolute Gasteiger partial charge is 0.393 e. The zero-order valence-corrected chi connectivity index (χ0v) is 16.8. The summed E-state index contributed by atoms with van der Waals surface area (Å²) in [5.74, 6) is 1.35. The number of aliphatic hydroxyl groups is 1. The van der Waals surface area contributed by atoms with Crippen LogP contribution in [-0.4, -0.2) is 29.7 Å². The van der Waals surface area contributed by atoms with Crippen LogP contribution >= 0.6 is 0 Å². The third kappa shape index (κ3) is 7.25. The highest BCUT2D eigenvalue weighted by molar-refractivity contribution is 4.83. The molecule has 0 aliphatic carbocycles. The van der Waals surface area contributed by atoms with E-state index < -0.39 is 5.79 Å². The molecule has 0 aromatic carbocycles. The van der Waals surface area contributed by atoms with Gasteiger partial charge in [-0.1, -0.05) is 46.6 Å². The molecule has 24 heavy (non-hydrogen) atoms. The summed E-state index contributed by atoms with van der Waals surface area (Å²) in [6.45, 7) is 17.3. The van der Waals surface area contributed by atoms with Crippen LogP contribution < -0.4 is 0 Å². The van der Waals surface area contributed by atoms with Gasteiger partial charge in [0.1, 0.15) is 0 Å². The van der Waals surface area contributed by atoms with Crippen LogP contribution in [0.1, 0.15) is 73.6 Å². The summed E-state index contributed by atoms with van der Waals surface area (Å²) < 4.78 is 11.8. The molecule has 0 bridgehead atoms. The fourth-order valence-corrected chi connectivity index (χ4v) is 3.67. The van der Waals surface area contributed by atoms with Crippen molar-refractivity contribution in [3.63, 3.8) is 0 Å². The third-order valence-electron chi connectivity index (χ3n) is 5.46. The Hall–Kier alpha value is -0.380. The SMILES string of the molecule is C=CC[C@H](C)CCC[C@H](C)C(O)C[C@H](C(C)C)[C@H]1COC(C)(C)O1.